The van der Waals surface area contributed by atoms with Gasteiger partial charge in [-0.1, -0.05) is 0 Å². The standard InChI is InChI=1S/C10H9FN2O2/c11-7-1-3-8(4-2-7)14-6-10-13-5-9(12)15-10/h1-5H,6,12H2. The average molecular weight is 208 g/mol. The summed E-state index contributed by atoms with van der Waals surface area (Å²) in [7, 11) is 0. The van der Waals surface area contributed by atoms with Crippen LogP contribution < -0.4 is 10.5 Å². The first-order valence-corrected chi connectivity index (χ1v) is 4.32. The Balaban J connectivity index is 1.96. The number of aromatic nitrogens is 1. The van der Waals surface area contributed by atoms with Crippen LogP contribution >= 0.6 is 0 Å². The van der Waals surface area contributed by atoms with E-state index in [4.69, 9.17) is 14.9 Å². The number of hydrogen-bond donors (Lipinski definition) is 1. The highest BCUT2D eigenvalue weighted by atomic mass is 19.1. The number of nitrogen functional groups attached to an aromatic ring is 1. The van der Waals surface area contributed by atoms with Gasteiger partial charge in [0.25, 0.3) is 0 Å². The lowest BCUT2D eigenvalue weighted by Gasteiger charge is -2.02. The fraction of sp³-hybridized carbons (Fsp3) is 0.100. The third-order valence-corrected chi connectivity index (χ3v) is 1.75. The second-order valence-electron chi connectivity index (χ2n) is 2.90. The van der Waals surface area contributed by atoms with E-state index in [0.717, 1.165) is 0 Å². The van der Waals surface area contributed by atoms with Crippen LogP contribution in [0.5, 0.6) is 5.75 Å². The summed E-state index contributed by atoms with van der Waals surface area (Å²) in [6, 6.07) is 5.70. The molecule has 0 bridgehead atoms. The molecule has 0 aliphatic heterocycles. The van der Waals surface area contributed by atoms with Gasteiger partial charge in [0.05, 0.1) is 6.20 Å². The van der Waals surface area contributed by atoms with Crippen molar-refractivity contribution in [3.05, 3.63) is 42.2 Å². The lowest BCUT2D eigenvalue weighted by molar-refractivity contribution is 0.265. The zero-order valence-corrected chi connectivity index (χ0v) is 7.81. The fourth-order valence-electron chi connectivity index (χ4n) is 1.07. The van der Waals surface area contributed by atoms with Crippen molar-refractivity contribution in [3.63, 3.8) is 0 Å². The van der Waals surface area contributed by atoms with Gasteiger partial charge in [-0.15, -0.1) is 0 Å². The molecule has 2 aromatic rings. The van der Waals surface area contributed by atoms with Crippen LogP contribution in [0.15, 0.2) is 34.9 Å². The van der Waals surface area contributed by atoms with Crippen molar-refractivity contribution >= 4 is 5.88 Å². The van der Waals surface area contributed by atoms with Crippen LogP contribution in [-0.2, 0) is 6.61 Å². The molecular weight excluding hydrogens is 199 g/mol. The molecule has 0 atom stereocenters. The van der Waals surface area contributed by atoms with Gasteiger partial charge in [0.2, 0.25) is 11.8 Å². The number of ether oxygens (including phenoxy) is 1. The summed E-state index contributed by atoms with van der Waals surface area (Å²) in [6.45, 7) is 0.169. The SMILES string of the molecule is Nc1cnc(COc2ccc(F)cc2)o1. The van der Waals surface area contributed by atoms with Crippen LogP contribution in [0.4, 0.5) is 10.3 Å². The third kappa shape index (κ3) is 2.46. The summed E-state index contributed by atoms with van der Waals surface area (Å²) in [5, 5.41) is 0. The van der Waals surface area contributed by atoms with Crippen LogP contribution in [0.1, 0.15) is 5.89 Å². The molecule has 0 aliphatic rings. The summed E-state index contributed by atoms with van der Waals surface area (Å²) in [5.41, 5.74) is 5.33. The summed E-state index contributed by atoms with van der Waals surface area (Å²) >= 11 is 0. The van der Waals surface area contributed by atoms with Crippen LogP contribution in [0.2, 0.25) is 0 Å². The molecule has 2 N–H and O–H groups in total. The molecule has 15 heavy (non-hydrogen) atoms. The van der Waals surface area contributed by atoms with E-state index >= 15 is 0 Å². The van der Waals surface area contributed by atoms with E-state index in [1.54, 1.807) is 0 Å². The summed E-state index contributed by atoms with van der Waals surface area (Å²) < 4.78 is 22.8. The summed E-state index contributed by atoms with van der Waals surface area (Å²) in [5.74, 6) is 0.875. The van der Waals surface area contributed by atoms with E-state index < -0.39 is 0 Å². The monoisotopic (exact) mass is 208 g/mol. The molecule has 0 fully saturated rings. The molecular formula is C10H9FN2O2. The van der Waals surface area contributed by atoms with Gasteiger partial charge in [-0.3, -0.25) is 0 Å². The minimum atomic E-state index is -0.303. The maximum atomic E-state index is 12.6. The predicted molar refractivity (Wildman–Crippen MR) is 51.6 cm³/mol. The molecule has 0 aliphatic carbocycles. The number of anilines is 1. The van der Waals surface area contributed by atoms with Crippen LogP contribution in [0.3, 0.4) is 0 Å². The molecule has 4 nitrogen and oxygen atoms in total. The van der Waals surface area contributed by atoms with E-state index in [9.17, 15) is 4.39 Å². The second kappa shape index (κ2) is 4.00. The Morgan fingerprint density at radius 3 is 2.67 bits per heavy atom. The van der Waals surface area contributed by atoms with E-state index in [1.165, 1.54) is 30.5 Å². The van der Waals surface area contributed by atoms with Crippen LogP contribution in [-0.4, -0.2) is 4.98 Å². The van der Waals surface area contributed by atoms with Gasteiger partial charge in [0.1, 0.15) is 11.6 Å². The first-order valence-electron chi connectivity index (χ1n) is 4.32. The first-order chi connectivity index (χ1) is 7.24. The zero-order valence-electron chi connectivity index (χ0n) is 7.81. The topological polar surface area (TPSA) is 61.3 Å². The third-order valence-electron chi connectivity index (χ3n) is 1.75. The van der Waals surface area contributed by atoms with E-state index in [0.29, 0.717) is 11.6 Å². The van der Waals surface area contributed by atoms with E-state index in [-0.39, 0.29) is 18.3 Å². The second-order valence-corrected chi connectivity index (χ2v) is 2.90. The molecule has 1 aromatic heterocycles. The lowest BCUT2D eigenvalue weighted by atomic mass is 10.3. The first kappa shape index (κ1) is 9.51. The molecule has 0 unspecified atom stereocenters. The van der Waals surface area contributed by atoms with E-state index in [1.807, 2.05) is 0 Å². The fourth-order valence-corrected chi connectivity index (χ4v) is 1.07. The molecule has 0 amide bonds. The molecule has 1 heterocycles. The maximum absolute atomic E-state index is 12.6. The van der Waals surface area contributed by atoms with Crippen LogP contribution in [0.25, 0.3) is 0 Å². The molecule has 78 valence electrons. The Bertz CT molecular complexity index is 439. The van der Waals surface area contributed by atoms with Gasteiger partial charge in [-0.2, -0.15) is 0 Å². The van der Waals surface area contributed by atoms with Gasteiger partial charge in [0, 0.05) is 0 Å². The van der Waals surface area contributed by atoms with Crippen molar-refractivity contribution in [1.82, 2.24) is 4.98 Å². The van der Waals surface area contributed by atoms with Crippen molar-refractivity contribution < 1.29 is 13.5 Å². The quantitative estimate of drug-likeness (QED) is 0.837. The van der Waals surface area contributed by atoms with Gasteiger partial charge in [-0.05, 0) is 24.3 Å². The van der Waals surface area contributed by atoms with Crippen molar-refractivity contribution in [2.75, 3.05) is 5.73 Å². The molecule has 2 rings (SSSR count). The van der Waals surface area contributed by atoms with Crippen molar-refractivity contribution in [3.8, 4) is 5.75 Å². The normalized spacial score (nSPS) is 10.2. The number of rotatable bonds is 3. The van der Waals surface area contributed by atoms with Crippen molar-refractivity contribution in [1.29, 1.82) is 0 Å². The Hall–Kier alpha value is -2.04. The highest BCUT2D eigenvalue weighted by molar-refractivity contribution is 5.22. The minimum Gasteiger partial charge on any atom is -0.484 e. The molecule has 1 aromatic carbocycles. The number of nitrogens with two attached hydrogens (primary N) is 1. The average Bonchev–Trinajstić information content (AvgIpc) is 2.64. The highest BCUT2D eigenvalue weighted by Gasteiger charge is 2.01. The number of nitrogens with zero attached hydrogens (tertiary/aromatic N) is 1. The maximum Gasteiger partial charge on any atom is 0.234 e. The van der Waals surface area contributed by atoms with Crippen molar-refractivity contribution in [2.45, 2.75) is 6.61 Å². The number of hydrogen-bond acceptors (Lipinski definition) is 4. The van der Waals surface area contributed by atoms with Crippen LogP contribution in [0, 0.1) is 5.82 Å². The molecule has 5 heteroatoms. The number of halogens is 1. The predicted octanol–water partition coefficient (Wildman–Crippen LogP) is 1.97. The largest absolute Gasteiger partial charge is 0.484 e. The van der Waals surface area contributed by atoms with Gasteiger partial charge in [-0.25, -0.2) is 9.37 Å². The smallest absolute Gasteiger partial charge is 0.234 e. The Morgan fingerprint density at radius 1 is 1.33 bits per heavy atom. The minimum absolute atomic E-state index is 0.169. The lowest BCUT2D eigenvalue weighted by Crippen LogP contribution is -1.95. The molecule has 0 saturated heterocycles. The summed E-state index contributed by atoms with van der Waals surface area (Å²) in [4.78, 5) is 3.86. The van der Waals surface area contributed by atoms with Crippen molar-refractivity contribution in [2.24, 2.45) is 0 Å². The molecule has 0 saturated carbocycles. The van der Waals surface area contributed by atoms with Gasteiger partial charge >= 0.3 is 0 Å². The van der Waals surface area contributed by atoms with E-state index in [2.05, 4.69) is 4.98 Å². The van der Waals surface area contributed by atoms with Gasteiger partial charge in [0.15, 0.2) is 6.61 Å². The molecule has 0 spiro atoms. The summed E-state index contributed by atoms with van der Waals surface area (Å²) in [6.07, 6.45) is 1.41. The Labute approximate surface area is 85.5 Å². The van der Waals surface area contributed by atoms with Gasteiger partial charge < -0.3 is 14.9 Å². The Kier molecular flexibility index (Phi) is 2.53. The molecule has 0 radical (unpaired) electrons. The highest BCUT2D eigenvalue weighted by Crippen LogP contribution is 2.13. The number of benzene rings is 1. The zero-order chi connectivity index (χ0) is 10.7. The Morgan fingerprint density at radius 2 is 2.07 bits per heavy atom. The number of oxazole rings is 1.